The summed E-state index contributed by atoms with van der Waals surface area (Å²) in [5.74, 6) is 0.596. The maximum absolute atomic E-state index is 11.4. The highest BCUT2D eigenvalue weighted by molar-refractivity contribution is 5.76. The highest BCUT2D eigenvalue weighted by Crippen LogP contribution is 2.32. The lowest BCUT2D eigenvalue weighted by atomic mass is 9.80. The van der Waals surface area contributed by atoms with E-state index in [2.05, 4.69) is 5.32 Å². The fraction of sp³-hybridized carbons (Fsp3) is 0.909. The number of aliphatic hydroxyl groups is 1. The first-order valence-electron chi connectivity index (χ1n) is 5.75. The van der Waals surface area contributed by atoms with Crippen LogP contribution in [0, 0.1) is 5.92 Å². The van der Waals surface area contributed by atoms with Gasteiger partial charge in [0.05, 0.1) is 6.10 Å². The van der Waals surface area contributed by atoms with Crippen molar-refractivity contribution in [3.63, 3.8) is 0 Å². The Kier molecular flexibility index (Phi) is 5.65. The molecule has 0 unspecified atom stereocenters. The van der Waals surface area contributed by atoms with Gasteiger partial charge in [0.15, 0.2) is 0 Å². The Labute approximate surface area is 91.0 Å². The molecule has 0 atom stereocenters. The van der Waals surface area contributed by atoms with E-state index in [1.807, 2.05) is 6.92 Å². The third-order valence-electron chi connectivity index (χ3n) is 2.73. The number of rotatable bonds is 7. The molecule has 88 valence electrons. The Morgan fingerprint density at radius 3 is 2.87 bits per heavy atom. The van der Waals surface area contributed by atoms with E-state index in [0.717, 1.165) is 19.4 Å². The lowest BCUT2D eigenvalue weighted by molar-refractivity contribution is -0.124. The summed E-state index contributed by atoms with van der Waals surface area (Å²) < 4.78 is 5.42. The highest BCUT2D eigenvalue weighted by atomic mass is 16.5. The molecular formula is C11H21NO3. The van der Waals surface area contributed by atoms with Crippen molar-refractivity contribution in [3.8, 4) is 0 Å². The van der Waals surface area contributed by atoms with Crippen LogP contribution in [0.3, 0.4) is 0 Å². The van der Waals surface area contributed by atoms with Crippen molar-refractivity contribution in [1.82, 2.24) is 5.32 Å². The van der Waals surface area contributed by atoms with Gasteiger partial charge in [0.25, 0.3) is 0 Å². The summed E-state index contributed by atoms with van der Waals surface area (Å²) in [5.41, 5.74) is 0. The van der Waals surface area contributed by atoms with Crippen LogP contribution in [-0.4, -0.2) is 36.9 Å². The summed E-state index contributed by atoms with van der Waals surface area (Å²) in [5, 5.41) is 11.3. The Morgan fingerprint density at radius 1 is 1.53 bits per heavy atom. The number of aliphatic hydroxyl groups excluding tert-OH is 1. The second-order valence-electron chi connectivity index (χ2n) is 4.05. The third-order valence-corrected chi connectivity index (χ3v) is 2.73. The van der Waals surface area contributed by atoms with Crippen LogP contribution in [0.2, 0.25) is 0 Å². The first kappa shape index (κ1) is 12.5. The normalized spacial score (nSPS) is 24.7. The quantitative estimate of drug-likeness (QED) is 0.614. The summed E-state index contributed by atoms with van der Waals surface area (Å²) >= 11 is 0. The van der Waals surface area contributed by atoms with Gasteiger partial charge in [-0.05, 0) is 32.1 Å². The molecule has 0 aromatic heterocycles. The molecule has 1 aliphatic rings. The van der Waals surface area contributed by atoms with Gasteiger partial charge >= 0.3 is 0 Å². The van der Waals surface area contributed by atoms with Crippen LogP contribution in [0.4, 0.5) is 0 Å². The number of hydrogen-bond acceptors (Lipinski definition) is 3. The molecule has 0 aliphatic heterocycles. The van der Waals surface area contributed by atoms with E-state index in [-0.39, 0.29) is 12.5 Å². The van der Waals surface area contributed by atoms with E-state index in [4.69, 9.17) is 9.84 Å². The first-order valence-corrected chi connectivity index (χ1v) is 5.75. The van der Waals surface area contributed by atoms with Crippen molar-refractivity contribution in [2.75, 3.05) is 19.8 Å². The van der Waals surface area contributed by atoms with Gasteiger partial charge in [0.2, 0.25) is 5.91 Å². The van der Waals surface area contributed by atoms with Gasteiger partial charge in [0, 0.05) is 26.2 Å². The molecule has 4 nitrogen and oxygen atoms in total. The van der Waals surface area contributed by atoms with E-state index in [0.29, 0.717) is 31.4 Å². The maximum atomic E-state index is 11.4. The minimum Gasteiger partial charge on any atom is -0.396 e. The molecule has 0 aromatic carbocycles. The van der Waals surface area contributed by atoms with E-state index in [9.17, 15) is 4.79 Å². The number of carbonyl (C=O) groups is 1. The average Bonchev–Trinajstić information content (AvgIpc) is 2.15. The number of hydrogen-bond donors (Lipinski definition) is 2. The van der Waals surface area contributed by atoms with Crippen molar-refractivity contribution in [2.24, 2.45) is 5.92 Å². The van der Waals surface area contributed by atoms with Crippen LogP contribution >= 0.6 is 0 Å². The highest BCUT2D eigenvalue weighted by Gasteiger charge is 2.30. The van der Waals surface area contributed by atoms with Gasteiger partial charge in [-0.15, -0.1) is 0 Å². The molecule has 1 fully saturated rings. The molecule has 15 heavy (non-hydrogen) atoms. The summed E-state index contributed by atoms with van der Waals surface area (Å²) in [6, 6.07) is 0. The summed E-state index contributed by atoms with van der Waals surface area (Å²) in [4.78, 5) is 11.4. The molecule has 0 aromatic rings. The van der Waals surface area contributed by atoms with Crippen molar-refractivity contribution in [3.05, 3.63) is 0 Å². The molecule has 0 bridgehead atoms. The topological polar surface area (TPSA) is 58.6 Å². The minimum absolute atomic E-state index is 0.100. The van der Waals surface area contributed by atoms with Crippen LogP contribution in [0.1, 0.15) is 32.6 Å². The monoisotopic (exact) mass is 215 g/mol. The molecule has 1 amide bonds. The zero-order valence-electron chi connectivity index (χ0n) is 9.37. The second kappa shape index (κ2) is 6.80. The summed E-state index contributed by atoms with van der Waals surface area (Å²) in [7, 11) is 0. The standard InChI is InChI=1S/C11H21NO3/c1-2-15-10-6-9(7-10)8-11(14)12-4-3-5-13/h9-10,13H,2-8H2,1H3,(H,12,14). The molecule has 0 spiro atoms. The lowest BCUT2D eigenvalue weighted by Gasteiger charge is -2.34. The zero-order chi connectivity index (χ0) is 11.1. The number of carbonyl (C=O) groups excluding carboxylic acids is 1. The Balaban J connectivity index is 1.98. The smallest absolute Gasteiger partial charge is 0.220 e. The van der Waals surface area contributed by atoms with Crippen LogP contribution in [0.25, 0.3) is 0 Å². The maximum Gasteiger partial charge on any atom is 0.220 e. The van der Waals surface area contributed by atoms with Crippen LogP contribution in [0.15, 0.2) is 0 Å². The van der Waals surface area contributed by atoms with E-state index in [1.165, 1.54) is 0 Å². The average molecular weight is 215 g/mol. The molecular weight excluding hydrogens is 194 g/mol. The van der Waals surface area contributed by atoms with Crippen LogP contribution in [0.5, 0.6) is 0 Å². The molecule has 1 rings (SSSR count). The molecule has 2 N–H and O–H groups in total. The van der Waals surface area contributed by atoms with Crippen molar-refractivity contribution in [2.45, 2.75) is 38.7 Å². The predicted molar refractivity (Wildman–Crippen MR) is 57.5 cm³/mol. The molecule has 0 saturated heterocycles. The third kappa shape index (κ3) is 4.62. The largest absolute Gasteiger partial charge is 0.396 e. The van der Waals surface area contributed by atoms with Crippen molar-refractivity contribution in [1.29, 1.82) is 0 Å². The summed E-state index contributed by atoms with van der Waals surface area (Å²) in [6.07, 6.45) is 3.65. The van der Waals surface area contributed by atoms with Gasteiger partial charge in [-0.1, -0.05) is 0 Å². The SMILES string of the molecule is CCOC1CC(CC(=O)NCCCO)C1. The fourth-order valence-corrected chi connectivity index (χ4v) is 1.85. The lowest BCUT2D eigenvalue weighted by Crippen LogP contribution is -2.36. The van der Waals surface area contributed by atoms with E-state index in [1.54, 1.807) is 0 Å². The molecule has 1 aliphatic carbocycles. The van der Waals surface area contributed by atoms with Crippen molar-refractivity contribution < 1.29 is 14.6 Å². The van der Waals surface area contributed by atoms with E-state index < -0.39 is 0 Å². The Morgan fingerprint density at radius 2 is 2.27 bits per heavy atom. The van der Waals surface area contributed by atoms with Crippen LogP contribution < -0.4 is 5.32 Å². The van der Waals surface area contributed by atoms with Gasteiger partial charge in [0.1, 0.15) is 0 Å². The molecule has 1 saturated carbocycles. The zero-order valence-corrected chi connectivity index (χ0v) is 9.37. The second-order valence-corrected chi connectivity index (χ2v) is 4.05. The first-order chi connectivity index (χ1) is 7.26. The molecule has 4 heteroatoms. The van der Waals surface area contributed by atoms with Gasteiger partial charge in [-0.25, -0.2) is 0 Å². The molecule has 0 heterocycles. The van der Waals surface area contributed by atoms with E-state index >= 15 is 0 Å². The van der Waals surface area contributed by atoms with Crippen LogP contribution in [-0.2, 0) is 9.53 Å². The Hall–Kier alpha value is -0.610. The predicted octanol–water partition coefficient (Wildman–Crippen LogP) is 0.690. The van der Waals surface area contributed by atoms with Gasteiger partial charge in [-0.2, -0.15) is 0 Å². The van der Waals surface area contributed by atoms with Gasteiger partial charge < -0.3 is 15.2 Å². The summed E-state index contributed by atoms with van der Waals surface area (Å²) in [6.45, 7) is 3.47. The Bertz CT molecular complexity index is 190. The fourth-order valence-electron chi connectivity index (χ4n) is 1.85. The number of nitrogens with one attached hydrogen (secondary N) is 1. The number of amides is 1. The van der Waals surface area contributed by atoms with Gasteiger partial charge in [-0.3, -0.25) is 4.79 Å². The molecule has 0 radical (unpaired) electrons. The minimum atomic E-state index is 0.100. The number of ether oxygens (including phenoxy) is 1. The van der Waals surface area contributed by atoms with Crippen molar-refractivity contribution >= 4 is 5.91 Å².